The van der Waals surface area contributed by atoms with Crippen molar-refractivity contribution in [2.75, 3.05) is 26.2 Å². The zero-order valence-electron chi connectivity index (χ0n) is 13.3. The summed E-state index contributed by atoms with van der Waals surface area (Å²) >= 11 is 1.60. The van der Waals surface area contributed by atoms with Gasteiger partial charge in [0.1, 0.15) is 12.1 Å². The summed E-state index contributed by atoms with van der Waals surface area (Å²) in [6.07, 6.45) is 0. The molecule has 124 valence electrons. The lowest BCUT2D eigenvalue weighted by molar-refractivity contribution is -0.144. The Morgan fingerprint density at radius 2 is 1.96 bits per heavy atom. The van der Waals surface area contributed by atoms with E-state index in [-0.39, 0.29) is 0 Å². The number of thiophene rings is 1. The third kappa shape index (κ3) is 3.82. The molecule has 1 unspecified atom stereocenters. The summed E-state index contributed by atoms with van der Waals surface area (Å²) in [5.41, 5.74) is 1.54. The van der Waals surface area contributed by atoms with Gasteiger partial charge < -0.3 is 5.11 Å². The number of rotatable bonds is 5. The molecule has 1 fully saturated rings. The van der Waals surface area contributed by atoms with Crippen molar-refractivity contribution < 1.29 is 9.90 Å². The van der Waals surface area contributed by atoms with Gasteiger partial charge in [-0.3, -0.25) is 14.6 Å². The molecule has 1 N–H and O–H groups in total. The van der Waals surface area contributed by atoms with Gasteiger partial charge in [-0.15, -0.1) is 11.3 Å². The van der Waals surface area contributed by atoms with Crippen molar-refractivity contribution in [2.24, 2.45) is 0 Å². The van der Waals surface area contributed by atoms with E-state index in [1.165, 1.54) is 4.88 Å². The highest BCUT2D eigenvalue weighted by Crippen LogP contribution is 2.23. The molecular weight excluding hydrogens is 322 g/mol. The minimum Gasteiger partial charge on any atom is -0.480 e. The summed E-state index contributed by atoms with van der Waals surface area (Å²) in [6.45, 7) is 3.93. The maximum atomic E-state index is 11.7. The SMILES string of the molecule is N#Cc1csc(CN2CCN(C(C(=O)O)c3ccccc3)CC2)c1. The van der Waals surface area contributed by atoms with E-state index in [1.54, 1.807) is 11.3 Å². The lowest BCUT2D eigenvalue weighted by Gasteiger charge is -2.37. The van der Waals surface area contributed by atoms with Crippen molar-refractivity contribution in [1.82, 2.24) is 9.80 Å². The molecule has 0 bridgehead atoms. The Morgan fingerprint density at radius 1 is 1.25 bits per heavy atom. The van der Waals surface area contributed by atoms with Crippen molar-refractivity contribution in [3.8, 4) is 6.07 Å². The molecule has 0 amide bonds. The summed E-state index contributed by atoms with van der Waals surface area (Å²) < 4.78 is 0. The number of piperazine rings is 1. The highest BCUT2D eigenvalue weighted by molar-refractivity contribution is 7.10. The summed E-state index contributed by atoms with van der Waals surface area (Å²) in [6, 6.07) is 12.9. The number of benzene rings is 1. The molecule has 24 heavy (non-hydrogen) atoms. The van der Waals surface area contributed by atoms with Gasteiger partial charge in [0.15, 0.2) is 0 Å². The zero-order chi connectivity index (χ0) is 16.9. The fourth-order valence-electron chi connectivity index (χ4n) is 3.07. The van der Waals surface area contributed by atoms with Crippen molar-refractivity contribution >= 4 is 17.3 Å². The Labute approximate surface area is 145 Å². The van der Waals surface area contributed by atoms with Crippen LogP contribution in [0.3, 0.4) is 0 Å². The zero-order valence-corrected chi connectivity index (χ0v) is 14.1. The van der Waals surface area contributed by atoms with E-state index in [2.05, 4.69) is 11.0 Å². The van der Waals surface area contributed by atoms with Crippen LogP contribution in [0.5, 0.6) is 0 Å². The largest absolute Gasteiger partial charge is 0.480 e. The van der Waals surface area contributed by atoms with E-state index >= 15 is 0 Å². The van der Waals surface area contributed by atoms with Gasteiger partial charge in [-0.05, 0) is 11.6 Å². The number of nitrogens with zero attached hydrogens (tertiary/aromatic N) is 3. The second-order valence-electron chi connectivity index (χ2n) is 5.88. The van der Waals surface area contributed by atoms with Crippen LogP contribution in [0, 0.1) is 11.3 Å². The van der Waals surface area contributed by atoms with E-state index in [4.69, 9.17) is 5.26 Å². The molecular formula is C18H19N3O2S. The molecule has 1 atom stereocenters. The van der Waals surface area contributed by atoms with Crippen LogP contribution in [0.1, 0.15) is 22.0 Å². The number of carbonyl (C=O) groups is 1. The molecule has 0 aliphatic carbocycles. The first-order valence-corrected chi connectivity index (χ1v) is 8.77. The predicted octanol–water partition coefficient (Wildman–Crippen LogP) is 2.56. The summed E-state index contributed by atoms with van der Waals surface area (Å²) in [4.78, 5) is 17.2. The van der Waals surface area contributed by atoms with Gasteiger partial charge in [-0.25, -0.2) is 0 Å². The molecule has 1 aromatic carbocycles. The number of carboxylic acids is 1. The fourth-order valence-corrected chi connectivity index (χ4v) is 3.92. The van der Waals surface area contributed by atoms with Gasteiger partial charge in [0.2, 0.25) is 0 Å². The molecule has 1 aliphatic rings. The lowest BCUT2D eigenvalue weighted by atomic mass is 10.0. The van der Waals surface area contributed by atoms with Crippen LogP contribution in [-0.2, 0) is 11.3 Å². The number of nitriles is 1. The monoisotopic (exact) mass is 341 g/mol. The predicted molar refractivity (Wildman–Crippen MR) is 92.7 cm³/mol. The van der Waals surface area contributed by atoms with Crippen LogP contribution in [0.4, 0.5) is 0 Å². The van der Waals surface area contributed by atoms with Crippen molar-refractivity contribution in [3.63, 3.8) is 0 Å². The Kier molecular flexibility index (Phi) is 5.26. The molecule has 5 nitrogen and oxygen atoms in total. The average Bonchev–Trinajstić information content (AvgIpc) is 3.05. The third-order valence-electron chi connectivity index (χ3n) is 4.28. The maximum Gasteiger partial charge on any atom is 0.325 e. The second-order valence-corrected chi connectivity index (χ2v) is 6.87. The molecule has 1 aliphatic heterocycles. The van der Waals surface area contributed by atoms with Crippen LogP contribution < -0.4 is 0 Å². The number of hydrogen-bond donors (Lipinski definition) is 1. The minimum absolute atomic E-state index is 0.583. The molecule has 2 heterocycles. The first kappa shape index (κ1) is 16.7. The standard InChI is InChI=1S/C18H19N3O2S/c19-11-14-10-16(24-13-14)12-20-6-8-21(9-7-20)17(18(22)23)15-4-2-1-3-5-15/h1-5,10,13,17H,6-9,12H2,(H,22,23). The molecule has 2 aromatic rings. The second kappa shape index (κ2) is 7.58. The number of hydrogen-bond acceptors (Lipinski definition) is 5. The van der Waals surface area contributed by atoms with Crippen molar-refractivity contribution in [3.05, 3.63) is 57.8 Å². The van der Waals surface area contributed by atoms with Gasteiger partial charge in [-0.1, -0.05) is 30.3 Å². The van der Waals surface area contributed by atoms with Gasteiger partial charge in [0, 0.05) is 43.0 Å². The molecule has 0 spiro atoms. The van der Waals surface area contributed by atoms with Crippen LogP contribution in [0.2, 0.25) is 0 Å². The van der Waals surface area contributed by atoms with Crippen molar-refractivity contribution in [1.29, 1.82) is 5.26 Å². The van der Waals surface area contributed by atoms with Crippen LogP contribution >= 0.6 is 11.3 Å². The quantitative estimate of drug-likeness (QED) is 0.905. The maximum absolute atomic E-state index is 11.7. The van der Waals surface area contributed by atoms with Gasteiger partial charge in [0.05, 0.1) is 5.56 Å². The highest BCUT2D eigenvalue weighted by Gasteiger charge is 2.30. The first-order chi connectivity index (χ1) is 11.7. The highest BCUT2D eigenvalue weighted by atomic mass is 32.1. The van der Waals surface area contributed by atoms with E-state index in [9.17, 15) is 9.90 Å². The summed E-state index contributed by atoms with van der Waals surface area (Å²) in [5, 5.41) is 20.4. The molecule has 6 heteroatoms. The molecule has 0 saturated carbocycles. The van der Waals surface area contributed by atoms with Crippen LogP contribution in [0.25, 0.3) is 0 Å². The Bertz CT molecular complexity index is 730. The van der Waals surface area contributed by atoms with E-state index in [0.717, 1.165) is 38.3 Å². The average molecular weight is 341 g/mol. The third-order valence-corrected chi connectivity index (χ3v) is 5.21. The Balaban J connectivity index is 1.61. The lowest BCUT2D eigenvalue weighted by Crippen LogP contribution is -2.48. The summed E-state index contributed by atoms with van der Waals surface area (Å²) in [7, 11) is 0. The van der Waals surface area contributed by atoms with Gasteiger partial charge in [0.25, 0.3) is 0 Å². The van der Waals surface area contributed by atoms with Gasteiger partial charge in [-0.2, -0.15) is 5.26 Å². The molecule has 3 rings (SSSR count). The van der Waals surface area contributed by atoms with E-state index in [0.29, 0.717) is 5.56 Å². The van der Waals surface area contributed by atoms with Gasteiger partial charge >= 0.3 is 5.97 Å². The topological polar surface area (TPSA) is 67.6 Å². The fraction of sp³-hybridized carbons (Fsp3) is 0.333. The Hall–Kier alpha value is -2.20. The first-order valence-electron chi connectivity index (χ1n) is 7.89. The summed E-state index contributed by atoms with van der Waals surface area (Å²) in [5.74, 6) is -0.799. The van der Waals surface area contributed by atoms with Crippen LogP contribution in [-0.4, -0.2) is 47.1 Å². The van der Waals surface area contributed by atoms with E-state index in [1.807, 2.05) is 46.7 Å². The molecule has 0 radical (unpaired) electrons. The molecule has 1 saturated heterocycles. The van der Waals surface area contributed by atoms with E-state index < -0.39 is 12.0 Å². The van der Waals surface area contributed by atoms with Crippen molar-refractivity contribution in [2.45, 2.75) is 12.6 Å². The number of aliphatic carboxylic acids is 1. The molecule has 1 aromatic heterocycles. The Morgan fingerprint density at radius 3 is 2.54 bits per heavy atom. The minimum atomic E-state index is -0.799. The normalized spacial score (nSPS) is 17.3. The van der Waals surface area contributed by atoms with Crippen LogP contribution in [0.15, 0.2) is 41.8 Å². The number of carboxylic acid groups (broad SMARTS) is 1. The smallest absolute Gasteiger partial charge is 0.325 e.